The number of rotatable bonds is 0. The van der Waals surface area contributed by atoms with E-state index in [0.717, 1.165) is 16.7 Å². The van der Waals surface area contributed by atoms with Gasteiger partial charge in [0, 0.05) is 17.4 Å². The highest BCUT2D eigenvalue weighted by atomic mass is 32.1. The van der Waals surface area contributed by atoms with E-state index >= 15 is 0 Å². The minimum Gasteiger partial charge on any atom is -0.426 e. The molecule has 0 saturated heterocycles. The highest BCUT2D eigenvalue weighted by Gasteiger charge is 2.32. The van der Waals surface area contributed by atoms with Crippen LogP contribution in [0.4, 0.5) is 0 Å². The van der Waals surface area contributed by atoms with Crippen LogP contribution in [0.5, 0.6) is 0 Å². The fourth-order valence-electron chi connectivity index (χ4n) is 2.37. The molecule has 3 heterocycles. The van der Waals surface area contributed by atoms with E-state index in [1.165, 1.54) is 11.3 Å². The standard InChI is InChI=1S/C14H16O3S/c1-14(2,3)11-6-10-9(7-16-11)8-4-5-18-12(8)13(15)17-10/h4-5,11H,6-7H2,1-3H3. The van der Waals surface area contributed by atoms with Crippen molar-refractivity contribution in [2.75, 3.05) is 0 Å². The van der Waals surface area contributed by atoms with Crippen LogP contribution >= 0.6 is 11.3 Å². The van der Waals surface area contributed by atoms with E-state index in [9.17, 15) is 4.79 Å². The van der Waals surface area contributed by atoms with Crippen LogP contribution in [-0.4, -0.2) is 6.10 Å². The predicted molar refractivity (Wildman–Crippen MR) is 72.1 cm³/mol. The second kappa shape index (κ2) is 3.93. The SMILES string of the molecule is CC(C)(C)C1Cc2oc(=O)c3sccc3c2CO1. The van der Waals surface area contributed by atoms with Crippen LogP contribution in [0.3, 0.4) is 0 Å². The van der Waals surface area contributed by atoms with Crippen LogP contribution in [0.15, 0.2) is 20.7 Å². The van der Waals surface area contributed by atoms with Crippen LogP contribution in [0.2, 0.25) is 0 Å². The Morgan fingerprint density at radius 1 is 1.39 bits per heavy atom. The summed E-state index contributed by atoms with van der Waals surface area (Å²) in [5.74, 6) is 0.803. The van der Waals surface area contributed by atoms with Gasteiger partial charge in [0.25, 0.3) is 0 Å². The Morgan fingerprint density at radius 2 is 2.17 bits per heavy atom. The van der Waals surface area contributed by atoms with Gasteiger partial charge in [-0.2, -0.15) is 0 Å². The van der Waals surface area contributed by atoms with E-state index in [1.807, 2.05) is 11.4 Å². The summed E-state index contributed by atoms with van der Waals surface area (Å²) < 4.78 is 12.1. The third-order valence-electron chi connectivity index (χ3n) is 3.49. The Kier molecular flexibility index (Phi) is 2.61. The lowest BCUT2D eigenvalue weighted by Crippen LogP contribution is -2.35. The van der Waals surface area contributed by atoms with E-state index in [2.05, 4.69) is 20.8 Å². The van der Waals surface area contributed by atoms with E-state index in [4.69, 9.17) is 9.15 Å². The summed E-state index contributed by atoms with van der Waals surface area (Å²) in [6.07, 6.45) is 0.782. The van der Waals surface area contributed by atoms with Crippen molar-refractivity contribution in [3.63, 3.8) is 0 Å². The van der Waals surface area contributed by atoms with Crippen LogP contribution in [0, 0.1) is 5.41 Å². The van der Waals surface area contributed by atoms with Gasteiger partial charge >= 0.3 is 5.63 Å². The molecule has 1 aliphatic rings. The van der Waals surface area contributed by atoms with Gasteiger partial charge in [0.05, 0.1) is 12.7 Å². The maximum atomic E-state index is 11.9. The molecule has 0 bridgehead atoms. The van der Waals surface area contributed by atoms with Crippen molar-refractivity contribution >= 4 is 21.4 Å². The molecule has 0 spiro atoms. The molecule has 1 unspecified atom stereocenters. The molecule has 18 heavy (non-hydrogen) atoms. The van der Waals surface area contributed by atoms with E-state index in [1.54, 1.807) is 0 Å². The van der Waals surface area contributed by atoms with Gasteiger partial charge in [0.2, 0.25) is 0 Å². The van der Waals surface area contributed by atoms with Crippen molar-refractivity contribution < 1.29 is 9.15 Å². The smallest absolute Gasteiger partial charge is 0.354 e. The van der Waals surface area contributed by atoms with E-state index in [-0.39, 0.29) is 17.1 Å². The van der Waals surface area contributed by atoms with Gasteiger partial charge in [-0.15, -0.1) is 11.3 Å². The Balaban J connectivity index is 2.12. The van der Waals surface area contributed by atoms with Gasteiger partial charge in [-0.25, -0.2) is 4.79 Å². The van der Waals surface area contributed by atoms with Crippen LogP contribution in [-0.2, 0) is 17.8 Å². The fraction of sp³-hybridized carbons (Fsp3) is 0.500. The maximum absolute atomic E-state index is 11.9. The second-order valence-electron chi connectivity index (χ2n) is 5.82. The highest BCUT2D eigenvalue weighted by Crippen LogP contribution is 2.34. The van der Waals surface area contributed by atoms with Crippen LogP contribution in [0.1, 0.15) is 32.1 Å². The van der Waals surface area contributed by atoms with Gasteiger partial charge in [0.1, 0.15) is 10.5 Å². The average Bonchev–Trinajstić information content (AvgIpc) is 2.77. The van der Waals surface area contributed by atoms with Crippen molar-refractivity contribution in [3.05, 3.63) is 33.2 Å². The molecule has 0 N–H and O–H groups in total. The second-order valence-corrected chi connectivity index (χ2v) is 6.74. The lowest BCUT2D eigenvalue weighted by atomic mass is 9.84. The number of hydrogen-bond donors (Lipinski definition) is 0. The summed E-state index contributed by atoms with van der Waals surface area (Å²) in [4.78, 5) is 11.9. The third kappa shape index (κ3) is 1.80. The first-order chi connectivity index (χ1) is 8.47. The Labute approximate surface area is 109 Å². The zero-order valence-electron chi connectivity index (χ0n) is 10.8. The Hall–Kier alpha value is -1.13. The van der Waals surface area contributed by atoms with Crippen LogP contribution in [0.25, 0.3) is 10.1 Å². The molecular formula is C14H16O3S. The van der Waals surface area contributed by atoms with Gasteiger partial charge in [-0.3, -0.25) is 0 Å². The van der Waals surface area contributed by atoms with Crippen molar-refractivity contribution in [2.45, 2.75) is 39.9 Å². The lowest BCUT2D eigenvalue weighted by Gasteiger charge is -2.34. The van der Waals surface area contributed by atoms with Crippen molar-refractivity contribution in [1.82, 2.24) is 0 Å². The lowest BCUT2D eigenvalue weighted by molar-refractivity contribution is -0.0426. The number of thiophene rings is 1. The quantitative estimate of drug-likeness (QED) is 0.732. The van der Waals surface area contributed by atoms with Crippen molar-refractivity contribution in [1.29, 1.82) is 0 Å². The Bertz CT molecular complexity index is 645. The molecule has 0 aliphatic carbocycles. The molecule has 0 amide bonds. The molecule has 0 aromatic carbocycles. The topological polar surface area (TPSA) is 39.4 Å². The number of hydrogen-bond acceptors (Lipinski definition) is 4. The summed E-state index contributed by atoms with van der Waals surface area (Å²) in [5, 5.41) is 2.93. The zero-order chi connectivity index (χ0) is 12.9. The molecule has 1 aliphatic heterocycles. The zero-order valence-corrected chi connectivity index (χ0v) is 11.6. The molecule has 4 heteroatoms. The molecule has 2 aromatic rings. The molecule has 1 atom stereocenters. The summed E-state index contributed by atoms with van der Waals surface area (Å²) in [7, 11) is 0. The Morgan fingerprint density at radius 3 is 2.89 bits per heavy atom. The van der Waals surface area contributed by atoms with E-state index in [0.29, 0.717) is 17.7 Å². The molecule has 2 aromatic heterocycles. The van der Waals surface area contributed by atoms with Crippen molar-refractivity contribution in [2.24, 2.45) is 5.41 Å². The van der Waals surface area contributed by atoms with Crippen LogP contribution < -0.4 is 5.63 Å². The number of ether oxygens (including phenoxy) is 1. The summed E-state index contributed by atoms with van der Waals surface area (Å²) >= 11 is 1.43. The number of fused-ring (bicyclic) bond motifs is 3. The molecule has 3 rings (SSSR count). The monoisotopic (exact) mass is 264 g/mol. The third-order valence-corrected chi connectivity index (χ3v) is 4.39. The highest BCUT2D eigenvalue weighted by molar-refractivity contribution is 7.17. The van der Waals surface area contributed by atoms with E-state index < -0.39 is 0 Å². The fourth-order valence-corrected chi connectivity index (χ4v) is 3.16. The predicted octanol–water partition coefficient (Wildman–Crippen LogP) is 3.34. The van der Waals surface area contributed by atoms with Gasteiger partial charge < -0.3 is 9.15 Å². The minimum absolute atomic E-state index is 0.0554. The maximum Gasteiger partial charge on any atom is 0.354 e. The van der Waals surface area contributed by atoms with Gasteiger partial charge in [0.15, 0.2) is 0 Å². The molecule has 0 fully saturated rings. The van der Waals surface area contributed by atoms with Gasteiger partial charge in [-0.05, 0) is 16.9 Å². The summed E-state index contributed by atoms with van der Waals surface area (Å²) in [6, 6.07) is 1.98. The normalized spacial score (nSPS) is 20.1. The average molecular weight is 264 g/mol. The summed E-state index contributed by atoms with van der Waals surface area (Å²) in [5.41, 5.74) is 0.888. The first-order valence-corrected chi connectivity index (χ1v) is 6.98. The molecule has 0 radical (unpaired) electrons. The molecule has 3 nitrogen and oxygen atoms in total. The minimum atomic E-state index is -0.215. The molecule has 0 saturated carbocycles. The van der Waals surface area contributed by atoms with Crippen molar-refractivity contribution in [3.8, 4) is 0 Å². The molecular weight excluding hydrogens is 248 g/mol. The summed E-state index contributed by atoms with van der Waals surface area (Å²) in [6.45, 7) is 6.96. The largest absolute Gasteiger partial charge is 0.426 e. The molecule has 96 valence electrons. The first kappa shape index (κ1) is 11.9. The van der Waals surface area contributed by atoms with Gasteiger partial charge in [-0.1, -0.05) is 20.8 Å². The first-order valence-electron chi connectivity index (χ1n) is 6.10.